The molecule has 1 saturated heterocycles. The van der Waals surface area contributed by atoms with E-state index in [1.54, 1.807) is 0 Å². The Balaban J connectivity index is 2.16. The third-order valence-electron chi connectivity index (χ3n) is 3.40. The fraction of sp³-hybridized carbons (Fsp3) is 0.333. The first-order valence-corrected chi connectivity index (χ1v) is 7.32. The maximum Gasteiger partial charge on any atom is 0.326 e. The fourth-order valence-corrected chi connectivity index (χ4v) is 2.68. The topological polar surface area (TPSA) is 57.6 Å². The summed E-state index contributed by atoms with van der Waals surface area (Å²) in [6.45, 7) is 0.330. The summed E-state index contributed by atoms with van der Waals surface area (Å²) in [5, 5.41) is 9.38. The number of carboxylic acid groups (broad SMARTS) is 1. The Morgan fingerprint density at radius 2 is 2.15 bits per heavy atom. The van der Waals surface area contributed by atoms with Crippen LogP contribution < -0.4 is 0 Å². The van der Waals surface area contributed by atoms with Crippen molar-refractivity contribution < 1.29 is 14.7 Å². The number of halogens is 1. The molecule has 0 radical (unpaired) electrons. The van der Waals surface area contributed by atoms with E-state index in [9.17, 15) is 14.7 Å². The zero-order valence-electron chi connectivity index (χ0n) is 10.8. The van der Waals surface area contributed by atoms with Crippen LogP contribution in [0, 0.1) is 21.8 Å². The van der Waals surface area contributed by atoms with Gasteiger partial charge in [0.25, 0.3) is 0 Å². The van der Waals surface area contributed by atoms with Crippen molar-refractivity contribution in [3.05, 3.63) is 33.4 Å². The zero-order valence-corrected chi connectivity index (χ0v) is 12.9. The molecule has 1 aromatic carbocycles. The second-order valence-electron chi connectivity index (χ2n) is 4.80. The summed E-state index contributed by atoms with van der Waals surface area (Å²) >= 11 is 2.19. The van der Waals surface area contributed by atoms with Crippen molar-refractivity contribution in [2.45, 2.75) is 18.9 Å². The lowest BCUT2D eigenvalue weighted by Crippen LogP contribution is -2.43. The molecule has 1 aliphatic rings. The van der Waals surface area contributed by atoms with Crippen molar-refractivity contribution in [1.82, 2.24) is 4.90 Å². The molecule has 2 rings (SSSR count). The van der Waals surface area contributed by atoms with Crippen LogP contribution in [0.25, 0.3) is 0 Å². The number of benzene rings is 1. The molecule has 0 aliphatic carbocycles. The van der Waals surface area contributed by atoms with Gasteiger partial charge in [-0.3, -0.25) is 4.79 Å². The summed E-state index contributed by atoms with van der Waals surface area (Å²) in [6.07, 6.45) is 5.87. The molecule has 0 aromatic heterocycles. The lowest BCUT2D eigenvalue weighted by atomic mass is 10.0. The highest BCUT2D eigenvalue weighted by molar-refractivity contribution is 14.1. The van der Waals surface area contributed by atoms with Crippen molar-refractivity contribution >= 4 is 34.5 Å². The molecule has 1 fully saturated rings. The number of aliphatic carboxylic acids is 1. The first-order valence-electron chi connectivity index (χ1n) is 6.24. The smallest absolute Gasteiger partial charge is 0.326 e. The third kappa shape index (κ3) is 3.31. The molecule has 20 heavy (non-hydrogen) atoms. The minimum Gasteiger partial charge on any atom is -0.480 e. The highest BCUT2D eigenvalue weighted by atomic mass is 127. The average molecular weight is 383 g/mol. The molecule has 104 valence electrons. The van der Waals surface area contributed by atoms with Gasteiger partial charge in [0, 0.05) is 28.9 Å². The van der Waals surface area contributed by atoms with E-state index in [1.165, 1.54) is 4.90 Å². The first kappa shape index (κ1) is 14.9. The summed E-state index contributed by atoms with van der Waals surface area (Å²) in [5.74, 6) is 1.19. The second-order valence-corrected chi connectivity index (χ2v) is 6.04. The number of hydrogen-bond acceptors (Lipinski definition) is 2. The van der Waals surface area contributed by atoms with Gasteiger partial charge < -0.3 is 10.0 Å². The van der Waals surface area contributed by atoms with Gasteiger partial charge in [-0.15, -0.1) is 12.3 Å². The standard InChI is InChI=1S/C15H14INO3/c1-2-10-8-14(18)17(9-10)13(15(19)20)7-11-3-5-12(16)6-4-11/h1,3-6,10,13H,7-9H2,(H,19,20). The Kier molecular flexibility index (Phi) is 4.65. The van der Waals surface area contributed by atoms with Crippen LogP contribution in [0.2, 0.25) is 0 Å². The Labute approximate surface area is 131 Å². The minimum atomic E-state index is -0.991. The van der Waals surface area contributed by atoms with Gasteiger partial charge >= 0.3 is 5.97 Å². The largest absolute Gasteiger partial charge is 0.480 e. The van der Waals surface area contributed by atoms with E-state index in [4.69, 9.17) is 6.42 Å². The summed E-state index contributed by atoms with van der Waals surface area (Å²) in [4.78, 5) is 24.7. The van der Waals surface area contributed by atoms with Gasteiger partial charge in [0.2, 0.25) is 5.91 Å². The fourth-order valence-electron chi connectivity index (χ4n) is 2.32. The number of likely N-dealkylation sites (tertiary alicyclic amines) is 1. The molecule has 1 aromatic rings. The van der Waals surface area contributed by atoms with Gasteiger partial charge in [0.1, 0.15) is 6.04 Å². The molecule has 0 saturated carbocycles. The number of carbonyl (C=O) groups excluding carboxylic acids is 1. The normalized spacial score (nSPS) is 19.7. The Morgan fingerprint density at radius 1 is 1.50 bits per heavy atom. The SMILES string of the molecule is C#CC1CC(=O)N(C(Cc2ccc(I)cc2)C(=O)O)C1. The first-order chi connectivity index (χ1) is 9.51. The number of hydrogen-bond donors (Lipinski definition) is 1. The van der Waals surface area contributed by atoms with Crippen molar-refractivity contribution in [3.8, 4) is 12.3 Å². The maximum absolute atomic E-state index is 11.9. The van der Waals surface area contributed by atoms with Crippen LogP contribution in [0.3, 0.4) is 0 Å². The van der Waals surface area contributed by atoms with E-state index in [-0.39, 0.29) is 18.2 Å². The zero-order chi connectivity index (χ0) is 14.7. The molecule has 0 spiro atoms. The van der Waals surface area contributed by atoms with E-state index in [2.05, 4.69) is 28.5 Å². The Bertz CT molecular complexity index is 561. The second kappa shape index (κ2) is 6.27. The molecular weight excluding hydrogens is 369 g/mol. The van der Waals surface area contributed by atoms with Crippen molar-refractivity contribution in [2.24, 2.45) is 5.92 Å². The molecule has 1 aliphatic heterocycles. The number of carboxylic acids is 1. The number of amides is 1. The van der Waals surface area contributed by atoms with Crippen LogP contribution in [0.4, 0.5) is 0 Å². The lowest BCUT2D eigenvalue weighted by molar-refractivity contribution is -0.148. The van der Waals surface area contributed by atoms with Crippen LogP contribution in [0.5, 0.6) is 0 Å². The lowest BCUT2D eigenvalue weighted by Gasteiger charge is -2.24. The highest BCUT2D eigenvalue weighted by Gasteiger charge is 2.36. The van der Waals surface area contributed by atoms with Gasteiger partial charge in [-0.1, -0.05) is 12.1 Å². The number of rotatable bonds is 4. The van der Waals surface area contributed by atoms with Gasteiger partial charge in [-0.25, -0.2) is 4.79 Å². The monoisotopic (exact) mass is 383 g/mol. The molecule has 0 bridgehead atoms. The summed E-state index contributed by atoms with van der Waals surface area (Å²) < 4.78 is 1.09. The molecule has 2 unspecified atom stereocenters. The number of carbonyl (C=O) groups is 2. The Morgan fingerprint density at radius 3 is 2.65 bits per heavy atom. The molecule has 4 nitrogen and oxygen atoms in total. The van der Waals surface area contributed by atoms with E-state index < -0.39 is 12.0 Å². The summed E-state index contributed by atoms with van der Waals surface area (Å²) in [6, 6.07) is 6.77. The van der Waals surface area contributed by atoms with Gasteiger partial charge in [-0.2, -0.15) is 0 Å². The van der Waals surface area contributed by atoms with E-state index >= 15 is 0 Å². The molecular formula is C15H14INO3. The molecule has 1 amide bonds. The van der Waals surface area contributed by atoms with E-state index in [0.717, 1.165) is 9.13 Å². The predicted molar refractivity (Wildman–Crippen MR) is 82.9 cm³/mol. The quantitative estimate of drug-likeness (QED) is 0.637. The van der Waals surface area contributed by atoms with Crippen LogP contribution in [0.1, 0.15) is 12.0 Å². The van der Waals surface area contributed by atoms with Crippen molar-refractivity contribution in [1.29, 1.82) is 0 Å². The van der Waals surface area contributed by atoms with Crippen LogP contribution in [-0.4, -0.2) is 34.5 Å². The molecule has 5 heteroatoms. The summed E-state index contributed by atoms with van der Waals surface area (Å²) in [7, 11) is 0. The summed E-state index contributed by atoms with van der Waals surface area (Å²) in [5.41, 5.74) is 0.898. The molecule has 1 N–H and O–H groups in total. The average Bonchev–Trinajstić information content (AvgIpc) is 2.79. The van der Waals surface area contributed by atoms with Crippen LogP contribution in [0.15, 0.2) is 24.3 Å². The van der Waals surface area contributed by atoms with Crippen molar-refractivity contribution in [3.63, 3.8) is 0 Å². The number of nitrogens with zero attached hydrogens (tertiary/aromatic N) is 1. The van der Waals surface area contributed by atoms with Gasteiger partial charge in [-0.05, 0) is 40.3 Å². The van der Waals surface area contributed by atoms with Crippen LogP contribution in [-0.2, 0) is 16.0 Å². The Hall–Kier alpha value is -1.55. The van der Waals surface area contributed by atoms with E-state index in [0.29, 0.717) is 13.0 Å². The van der Waals surface area contributed by atoms with Crippen LogP contribution >= 0.6 is 22.6 Å². The molecule has 2 atom stereocenters. The third-order valence-corrected chi connectivity index (χ3v) is 4.12. The van der Waals surface area contributed by atoms with Crippen molar-refractivity contribution in [2.75, 3.05) is 6.54 Å². The highest BCUT2D eigenvalue weighted by Crippen LogP contribution is 2.22. The minimum absolute atomic E-state index is 0.175. The van der Waals surface area contributed by atoms with E-state index in [1.807, 2.05) is 24.3 Å². The van der Waals surface area contributed by atoms with Gasteiger partial charge in [0.05, 0.1) is 0 Å². The predicted octanol–water partition coefficient (Wildman–Crippen LogP) is 1.77. The maximum atomic E-state index is 11.9. The number of terminal acetylenes is 1. The van der Waals surface area contributed by atoms with Gasteiger partial charge in [0.15, 0.2) is 0 Å². The molecule has 1 heterocycles.